The molecule has 0 atom stereocenters. The van der Waals surface area contributed by atoms with E-state index < -0.39 is 11.8 Å². The Morgan fingerprint density at radius 3 is 2.09 bits per heavy atom. The van der Waals surface area contributed by atoms with Gasteiger partial charge in [0, 0.05) is 46.7 Å². The van der Waals surface area contributed by atoms with Crippen LogP contribution in [0.4, 0.5) is 0 Å². The summed E-state index contributed by atoms with van der Waals surface area (Å²) in [6.45, 7) is 5.67. The molecule has 0 amide bonds. The molecule has 4 heterocycles. The number of pyridine rings is 2. The van der Waals surface area contributed by atoms with Crippen molar-refractivity contribution in [2.75, 3.05) is 0 Å². The summed E-state index contributed by atoms with van der Waals surface area (Å²) in [4.78, 5) is 8.86. The standard InChI is InChI=1S/C28H23BNO2.C11H8N.Ir/c1-28(2,3)16-18-12-14-22(30-17-18)19-13-15-25-26-27(19)32-24-11-7-5-9-21(24)29(26)20-8-4-6-10-23(20)31-25;1-2-6-10(7-3-1)11-8-4-5-9-12-11;/h4-12,14-15,17H,16H2,1-3H3;1-6,8-9H;/q2*-1;/i16D2;;. The molecule has 0 saturated heterocycles. The minimum absolute atomic E-state index is 0. The minimum atomic E-state index is -1.51. The third-order valence-corrected chi connectivity index (χ3v) is 7.45. The summed E-state index contributed by atoms with van der Waals surface area (Å²) in [7, 11) is 0. The number of rotatable bonds is 3. The van der Waals surface area contributed by atoms with Crippen molar-refractivity contribution in [1.29, 1.82) is 0 Å². The van der Waals surface area contributed by atoms with Gasteiger partial charge in [-0.25, -0.2) is 0 Å². The van der Waals surface area contributed by atoms with Crippen LogP contribution in [0.25, 0.3) is 22.5 Å². The van der Waals surface area contributed by atoms with Crippen molar-refractivity contribution in [3.8, 4) is 45.5 Å². The molecule has 0 bridgehead atoms. The van der Waals surface area contributed by atoms with Gasteiger partial charge in [-0.2, -0.15) is 0 Å². The fraction of sp³-hybridized carbons (Fsp3) is 0.128. The summed E-state index contributed by atoms with van der Waals surface area (Å²) in [5.74, 6) is 3.08. The Hall–Kier alpha value is -4.51. The van der Waals surface area contributed by atoms with Gasteiger partial charge in [-0.3, -0.25) is 0 Å². The van der Waals surface area contributed by atoms with Crippen LogP contribution in [0.2, 0.25) is 0 Å². The minimum Gasteiger partial charge on any atom is -0.503 e. The van der Waals surface area contributed by atoms with Crippen LogP contribution in [0.1, 0.15) is 29.1 Å². The molecule has 0 spiro atoms. The van der Waals surface area contributed by atoms with Gasteiger partial charge in [-0.1, -0.05) is 92.5 Å². The summed E-state index contributed by atoms with van der Waals surface area (Å²) < 4.78 is 29.8. The molecule has 6 heteroatoms. The molecule has 223 valence electrons. The Labute approximate surface area is 281 Å². The molecule has 0 fully saturated rings. The first-order chi connectivity index (χ1) is 22.2. The van der Waals surface area contributed by atoms with Gasteiger partial charge in [0.25, 0.3) is 0 Å². The van der Waals surface area contributed by atoms with Crippen molar-refractivity contribution in [1.82, 2.24) is 9.97 Å². The van der Waals surface area contributed by atoms with E-state index in [1.165, 1.54) is 0 Å². The molecule has 1 radical (unpaired) electrons. The van der Waals surface area contributed by atoms with Gasteiger partial charge < -0.3 is 19.4 Å². The largest absolute Gasteiger partial charge is 0.503 e. The average molecular weight is 765 g/mol. The number of benzene rings is 4. The molecule has 2 aliphatic rings. The predicted molar refractivity (Wildman–Crippen MR) is 178 cm³/mol. The predicted octanol–water partition coefficient (Wildman–Crippen LogP) is 7.41. The van der Waals surface area contributed by atoms with Crippen LogP contribution in [0.5, 0.6) is 23.0 Å². The van der Waals surface area contributed by atoms with E-state index in [4.69, 9.17) is 12.2 Å². The molecule has 0 saturated carbocycles. The van der Waals surface area contributed by atoms with Crippen molar-refractivity contribution in [2.45, 2.75) is 27.1 Å². The van der Waals surface area contributed by atoms with Gasteiger partial charge in [-0.05, 0) is 57.9 Å². The van der Waals surface area contributed by atoms with Gasteiger partial charge >= 0.3 is 0 Å². The number of aromatic nitrogens is 2. The van der Waals surface area contributed by atoms with Crippen LogP contribution in [0.3, 0.4) is 0 Å². The molecule has 2 aromatic heterocycles. The molecular weight excluding hydrogens is 731 g/mol. The second-order valence-corrected chi connectivity index (χ2v) is 11.8. The number of fused-ring (bicyclic) bond motifs is 4. The number of hydrogen-bond acceptors (Lipinski definition) is 4. The van der Waals surface area contributed by atoms with E-state index >= 15 is 0 Å². The third kappa shape index (κ3) is 6.35. The molecule has 0 aliphatic carbocycles. The summed E-state index contributed by atoms with van der Waals surface area (Å²) in [6.07, 6.45) is 1.90. The monoisotopic (exact) mass is 765 g/mol. The number of nitrogens with zero attached hydrogens (tertiary/aromatic N) is 2. The Morgan fingerprint density at radius 2 is 1.44 bits per heavy atom. The zero-order chi connectivity index (χ0) is 31.9. The van der Waals surface area contributed by atoms with E-state index in [-0.39, 0.29) is 26.8 Å². The second-order valence-electron chi connectivity index (χ2n) is 11.8. The summed E-state index contributed by atoms with van der Waals surface area (Å²) in [6, 6.07) is 41.9. The summed E-state index contributed by atoms with van der Waals surface area (Å²) in [5, 5.41) is 0. The normalized spacial score (nSPS) is 13.1. The van der Waals surface area contributed by atoms with E-state index in [1.807, 2.05) is 118 Å². The van der Waals surface area contributed by atoms with Crippen molar-refractivity contribution >= 4 is 23.1 Å². The zero-order valence-corrected chi connectivity index (χ0v) is 27.6. The van der Waals surface area contributed by atoms with E-state index in [0.717, 1.165) is 50.5 Å². The summed E-state index contributed by atoms with van der Waals surface area (Å²) >= 11 is 0. The van der Waals surface area contributed by atoms with Gasteiger partial charge in [0.15, 0.2) is 0 Å². The average Bonchev–Trinajstić information content (AvgIpc) is 3.09. The van der Waals surface area contributed by atoms with Gasteiger partial charge in [0.2, 0.25) is 6.71 Å². The summed E-state index contributed by atoms with van der Waals surface area (Å²) in [5.41, 5.74) is 6.62. The Morgan fingerprint density at radius 1 is 0.733 bits per heavy atom. The smallest absolute Gasteiger partial charge is 0.239 e. The number of hydrogen-bond donors (Lipinski definition) is 0. The zero-order valence-electron chi connectivity index (χ0n) is 27.2. The molecule has 0 N–H and O–H groups in total. The maximum Gasteiger partial charge on any atom is 0.239 e. The fourth-order valence-corrected chi connectivity index (χ4v) is 5.64. The molecule has 8 rings (SSSR count). The Balaban J connectivity index is 0.000000250. The quantitative estimate of drug-likeness (QED) is 0.139. The maximum atomic E-state index is 8.56. The third-order valence-electron chi connectivity index (χ3n) is 7.45. The van der Waals surface area contributed by atoms with Crippen LogP contribution < -0.4 is 25.9 Å². The Kier molecular flexibility index (Phi) is 7.99. The molecule has 2 aliphatic heterocycles. The van der Waals surface area contributed by atoms with Gasteiger partial charge in [0.1, 0.15) is 11.5 Å². The molecule has 6 aromatic rings. The van der Waals surface area contributed by atoms with E-state index in [1.54, 1.807) is 12.4 Å². The van der Waals surface area contributed by atoms with Crippen molar-refractivity contribution in [2.24, 2.45) is 5.41 Å². The van der Waals surface area contributed by atoms with Crippen LogP contribution in [0, 0.1) is 17.5 Å². The van der Waals surface area contributed by atoms with Crippen molar-refractivity contribution in [3.63, 3.8) is 0 Å². The number of para-hydroxylation sites is 2. The van der Waals surface area contributed by atoms with Crippen LogP contribution >= 0.6 is 0 Å². The molecule has 4 aromatic carbocycles. The van der Waals surface area contributed by atoms with Gasteiger partial charge in [0.05, 0.1) is 0 Å². The first-order valence-electron chi connectivity index (χ1n) is 15.7. The van der Waals surface area contributed by atoms with E-state index in [2.05, 4.69) is 34.2 Å². The Bertz CT molecular complexity index is 1970. The van der Waals surface area contributed by atoms with Crippen molar-refractivity contribution < 1.29 is 32.3 Å². The SMILES string of the molecule is [2H]C([2H])(c1ccc(-c2[c-]cc3c4c2Oc2ccccc2B4c2ccccc2O3)nc1)C(C)(C)C.[Ir].[c-]1ccccc1-c1ccccn1. The van der Waals surface area contributed by atoms with E-state index in [0.29, 0.717) is 17.0 Å². The van der Waals surface area contributed by atoms with Crippen molar-refractivity contribution in [3.05, 3.63) is 139 Å². The molecule has 4 nitrogen and oxygen atoms in total. The fourth-order valence-electron chi connectivity index (χ4n) is 5.64. The van der Waals surface area contributed by atoms with E-state index in [9.17, 15) is 0 Å². The molecule has 45 heavy (non-hydrogen) atoms. The first kappa shape index (κ1) is 28.0. The van der Waals surface area contributed by atoms with Crippen LogP contribution in [-0.2, 0) is 26.5 Å². The van der Waals surface area contributed by atoms with Crippen LogP contribution in [-0.4, -0.2) is 16.7 Å². The maximum absolute atomic E-state index is 8.56. The number of ether oxygens (including phenoxy) is 2. The molecule has 0 unspecified atom stereocenters. The second kappa shape index (κ2) is 12.8. The first-order valence-corrected chi connectivity index (χ1v) is 14.7. The van der Waals surface area contributed by atoms with Crippen LogP contribution in [0.15, 0.2) is 122 Å². The van der Waals surface area contributed by atoms with Gasteiger partial charge in [-0.15, -0.1) is 48.0 Å². The topological polar surface area (TPSA) is 44.2 Å². The molecular formula is C39H31BIrN2O2-2.